The largest absolute Gasteiger partial charge is 0.481 e. The zero-order chi connectivity index (χ0) is 19.1. The summed E-state index contributed by atoms with van der Waals surface area (Å²) in [5.41, 5.74) is 0. The third-order valence-electron chi connectivity index (χ3n) is 6.60. The van der Waals surface area contributed by atoms with E-state index >= 15 is 0 Å². The molecule has 26 heavy (non-hydrogen) atoms. The van der Waals surface area contributed by atoms with Crippen molar-refractivity contribution in [3.05, 3.63) is 0 Å². The van der Waals surface area contributed by atoms with Gasteiger partial charge in [0.1, 0.15) is 0 Å². The van der Waals surface area contributed by atoms with Gasteiger partial charge in [0.15, 0.2) is 0 Å². The SMILES string of the molecule is CCCCC[C@H](O)CC[C@@H]1[C@@H](CCCC[C@@H]2C[C@H]2C(=O)O)[C@@H](O)C[C@H]1O. The number of aliphatic carboxylic acids is 1. The molecule has 5 nitrogen and oxygen atoms in total. The van der Waals surface area contributed by atoms with E-state index in [2.05, 4.69) is 6.92 Å². The molecule has 0 radical (unpaired) electrons. The molecular formula is C21H38O5. The number of rotatable bonds is 13. The number of hydrogen-bond acceptors (Lipinski definition) is 4. The van der Waals surface area contributed by atoms with E-state index in [4.69, 9.17) is 5.11 Å². The molecule has 2 saturated carbocycles. The van der Waals surface area contributed by atoms with E-state index in [0.29, 0.717) is 18.8 Å². The molecule has 2 aliphatic carbocycles. The summed E-state index contributed by atoms with van der Waals surface area (Å²) in [6, 6.07) is 0. The molecule has 7 atom stereocenters. The van der Waals surface area contributed by atoms with Gasteiger partial charge in [0.25, 0.3) is 0 Å². The number of aliphatic hydroxyl groups excluding tert-OH is 3. The zero-order valence-electron chi connectivity index (χ0n) is 16.2. The van der Waals surface area contributed by atoms with Gasteiger partial charge in [-0.2, -0.15) is 0 Å². The van der Waals surface area contributed by atoms with Gasteiger partial charge in [0.2, 0.25) is 0 Å². The lowest BCUT2D eigenvalue weighted by Gasteiger charge is -2.24. The first-order valence-corrected chi connectivity index (χ1v) is 10.7. The van der Waals surface area contributed by atoms with Crippen LogP contribution in [0.15, 0.2) is 0 Å². The molecule has 0 heterocycles. The third kappa shape index (κ3) is 6.50. The Morgan fingerprint density at radius 3 is 2.19 bits per heavy atom. The van der Waals surface area contributed by atoms with Gasteiger partial charge >= 0.3 is 5.97 Å². The summed E-state index contributed by atoms with van der Waals surface area (Å²) in [6.45, 7) is 2.15. The van der Waals surface area contributed by atoms with Gasteiger partial charge < -0.3 is 20.4 Å². The summed E-state index contributed by atoms with van der Waals surface area (Å²) in [6.07, 6.45) is 9.55. The zero-order valence-corrected chi connectivity index (χ0v) is 16.2. The van der Waals surface area contributed by atoms with E-state index in [9.17, 15) is 20.1 Å². The second-order valence-electron chi connectivity index (χ2n) is 8.65. The molecule has 0 aromatic carbocycles. The first-order chi connectivity index (χ1) is 12.4. The highest BCUT2D eigenvalue weighted by atomic mass is 16.4. The highest BCUT2D eigenvalue weighted by Crippen LogP contribution is 2.43. The maximum atomic E-state index is 10.9. The standard InChI is InChI=1S/C21H38O5/c1-2-3-4-8-15(22)10-11-17-16(19(23)13-20(17)24)9-6-5-7-14-12-18(14)21(25)26/h14-20,22-24H,2-13H2,1H3,(H,25,26)/t14-,15+,16-,17-,18-,19+,20-/m1/s1. The molecule has 0 spiro atoms. The molecule has 0 aliphatic heterocycles. The van der Waals surface area contributed by atoms with E-state index in [1.165, 1.54) is 0 Å². The quantitative estimate of drug-likeness (QED) is 0.373. The lowest BCUT2D eigenvalue weighted by Crippen LogP contribution is -2.24. The Kier molecular flexibility index (Phi) is 8.85. The number of carboxylic acids is 1. The van der Waals surface area contributed by atoms with Gasteiger partial charge in [0.05, 0.1) is 24.2 Å². The summed E-state index contributed by atoms with van der Waals surface area (Å²) < 4.78 is 0. The van der Waals surface area contributed by atoms with Gasteiger partial charge in [-0.1, -0.05) is 39.0 Å². The lowest BCUT2D eigenvalue weighted by atomic mass is 9.84. The van der Waals surface area contributed by atoms with Crippen molar-refractivity contribution >= 4 is 5.97 Å². The topological polar surface area (TPSA) is 98.0 Å². The molecule has 2 fully saturated rings. The molecule has 0 saturated heterocycles. The van der Waals surface area contributed by atoms with Crippen LogP contribution in [0.4, 0.5) is 0 Å². The first kappa shape index (κ1) is 21.6. The van der Waals surface area contributed by atoms with E-state index in [-0.39, 0.29) is 23.9 Å². The summed E-state index contributed by atoms with van der Waals surface area (Å²) in [5, 5.41) is 39.7. The minimum Gasteiger partial charge on any atom is -0.481 e. The monoisotopic (exact) mass is 370 g/mol. The molecule has 2 aliphatic rings. The van der Waals surface area contributed by atoms with Crippen LogP contribution in [0.1, 0.15) is 84.0 Å². The van der Waals surface area contributed by atoms with Gasteiger partial charge in [-0.3, -0.25) is 4.79 Å². The second-order valence-corrected chi connectivity index (χ2v) is 8.65. The van der Waals surface area contributed by atoms with Crippen molar-refractivity contribution in [3.8, 4) is 0 Å². The molecule has 0 aromatic heterocycles. The smallest absolute Gasteiger partial charge is 0.306 e. The highest BCUT2D eigenvalue weighted by Gasteiger charge is 2.43. The Hall–Kier alpha value is -0.650. The predicted octanol–water partition coefficient (Wildman–Crippen LogP) is 3.35. The number of hydrogen-bond donors (Lipinski definition) is 4. The number of carbonyl (C=O) groups is 1. The minimum absolute atomic E-state index is 0.0820. The average Bonchev–Trinajstić information content (AvgIpc) is 3.31. The van der Waals surface area contributed by atoms with Crippen LogP contribution < -0.4 is 0 Å². The van der Waals surface area contributed by atoms with Gasteiger partial charge in [-0.15, -0.1) is 0 Å². The van der Waals surface area contributed by atoms with Crippen molar-refractivity contribution in [1.82, 2.24) is 0 Å². The molecule has 0 unspecified atom stereocenters. The van der Waals surface area contributed by atoms with E-state index in [0.717, 1.165) is 64.2 Å². The Morgan fingerprint density at radius 1 is 0.923 bits per heavy atom. The Balaban J connectivity index is 1.67. The fourth-order valence-corrected chi connectivity index (χ4v) is 4.80. The van der Waals surface area contributed by atoms with Crippen LogP contribution in [0, 0.1) is 23.7 Å². The van der Waals surface area contributed by atoms with Crippen LogP contribution in [-0.2, 0) is 4.79 Å². The van der Waals surface area contributed by atoms with Crippen molar-refractivity contribution < 1.29 is 25.2 Å². The number of aliphatic hydroxyl groups is 3. The van der Waals surface area contributed by atoms with Crippen LogP contribution in [0.25, 0.3) is 0 Å². The fourth-order valence-electron chi connectivity index (χ4n) is 4.80. The Bertz CT molecular complexity index is 427. The van der Waals surface area contributed by atoms with E-state index in [1.54, 1.807) is 0 Å². The van der Waals surface area contributed by atoms with Crippen molar-refractivity contribution in [1.29, 1.82) is 0 Å². The fraction of sp³-hybridized carbons (Fsp3) is 0.952. The molecule has 0 bridgehead atoms. The normalized spacial score (nSPS) is 34.8. The molecule has 0 aromatic rings. The maximum absolute atomic E-state index is 10.9. The maximum Gasteiger partial charge on any atom is 0.306 e. The number of unbranched alkanes of at least 4 members (excludes halogenated alkanes) is 3. The minimum atomic E-state index is -0.665. The van der Waals surface area contributed by atoms with Gasteiger partial charge in [-0.05, 0) is 62.7 Å². The van der Waals surface area contributed by atoms with Crippen LogP contribution in [0.2, 0.25) is 0 Å². The van der Waals surface area contributed by atoms with Crippen molar-refractivity contribution in [2.75, 3.05) is 0 Å². The average molecular weight is 371 g/mol. The van der Waals surface area contributed by atoms with E-state index in [1.807, 2.05) is 0 Å². The van der Waals surface area contributed by atoms with Crippen LogP contribution in [-0.4, -0.2) is 44.7 Å². The highest BCUT2D eigenvalue weighted by molar-refractivity contribution is 5.73. The van der Waals surface area contributed by atoms with Crippen LogP contribution in [0.3, 0.4) is 0 Å². The van der Waals surface area contributed by atoms with Gasteiger partial charge in [0, 0.05) is 0 Å². The molecule has 152 valence electrons. The first-order valence-electron chi connectivity index (χ1n) is 10.7. The molecule has 4 N–H and O–H groups in total. The molecule has 2 rings (SSSR count). The van der Waals surface area contributed by atoms with Crippen LogP contribution >= 0.6 is 0 Å². The second kappa shape index (κ2) is 10.6. The summed E-state index contributed by atoms with van der Waals surface area (Å²) in [5.74, 6) is -0.251. The molecular weight excluding hydrogens is 332 g/mol. The molecule has 5 heteroatoms. The summed E-state index contributed by atoms with van der Waals surface area (Å²) >= 11 is 0. The predicted molar refractivity (Wildman–Crippen MR) is 101 cm³/mol. The number of carboxylic acid groups (broad SMARTS) is 1. The van der Waals surface area contributed by atoms with Crippen molar-refractivity contribution in [2.24, 2.45) is 23.7 Å². The summed E-state index contributed by atoms with van der Waals surface area (Å²) in [7, 11) is 0. The van der Waals surface area contributed by atoms with Crippen molar-refractivity contribution in [2.45, 2.75) is 102 Å². The lowest BCUT2D eigenvalue weighted by molar-refractivity contribution is -0.138. The van der Waals surface area contributed by atoms with Gasteiger partial charge in [-0.25, -0.2) is 0 Å². The third-order valence-corrected chi connectivity index (χ3v) is 6.60. The Morgan fingerprint density at radius 2 is 1.58 bits per heavy atom. The summed E-state index contributed by atoms with van der Waals surface area (Å²) in [4.78, 5) is 10.9. The van der Waals surface area contributed by atoms with Crippen LogP contribution in [0.5, 0.6) is 0 Å². The van der Waals surface area contributed by atoms with Crippen molar-refractivity contribution in [3.63, 3.8) is 0 Å². The Labute approximate surface area is 157 Å². The molecule has 0 amide bonds. The van der Waals surface area contributed by atoms with E-state index < -0.39 is 18.2 Å².